The molecule has 2 saturated carbocycles. The van der Waals surface area contributed by atoms with Gasteiger partial charge in [-0.3, -0.25) is 0 Å². The van der Waals surface area contributed by atoms with Gasteiger partial charge >= 0.3 is 0 Å². The Labute approximate surface area is 126 Å². The molecule has 0 spiro atoms. The maximum absolute atomic E-state index is 9.72. The van der Waals surface area contributed by atoms with Crippen LogP contribution < -0.4 is 5.32 Å². The number of thioether (sulfide) groups is 2. The van der Waals surface area contributed by atoms with Crippen molar-refractivity contribution >= 4 is 34.9 Å². The Morgan fingerprint density at radius 2 is 2.16 bits per heavy atom. The van der Waals surface area contributed by atoms with Crippen LogP contribution in [0.1, 0.15) is 32.1 Å². The third-order valence-electron chi connectivity index (χ3n) is 3.78. The van der Waals surface area contributed by atoms with Crippen molar-refractivity contribution in [1.29, 1.82) is 0 Å². The molecule has 7 heteroatoms. The molecule has 106 valence electrons. The lowest BCUT2D eigenvalue weighted by Crippen LogP contribution is -2.47. The van der Waals surface area contributed by atoms with E-state index >= 15 is 0 Å². The minimum Gasteiger partial charge on any atom is -0.394 e. The fourth-order valence-corrected chi connectivity index (χ4v) is 5.64. The monoisotopic (exact) mass is 317 g/mol. The number of aliphatic hydroxyl groups is 1. The number of aromatic nitrogens is 2. The van der Waals surface area contributed by atoms with Gasteiger partial charge < -0.3 is 10.4 Å². The van der Waals surface area contributed by atoms with Crippen LogP contribution in [0.3, 0.4) is 0 Å². The molecule has 0 amide bonds. The zero-order chi connectivity index (χ0) is 13.3. The van der Waals surface area contributed by atoms with E-state index in [1.807, 2.05) is 18.0 Å². The van der Waals surface area contributed by atoms with Gasteiger partial charge in [-0.1, -0.05) is 34.9 Å². The Hall–Kier alpha value is 0.180. The van der Waals surface area contributed by atoms with Crippen molar-refractivity contribution in [2.24, 2.45) is 0 Å². The first kappa shape index (κ1) is 14.1. The number of hydrogen-bond donors (Lipinski definition) is 2. The van der Waals surface area contributed by atoms with Crippen molar-refractivity contribution in [2.45, 2.75) is 57.6 Å². The number of nitrogens with zero attached hydrogens (tertiary/aromatic N) is 2. The van der Waals surface area contributed by atoms with E-state index in [1.54, 1.807) is 23.1 Å². The molecule has 2 unspecified atom stereocenters. The average Bonchev–Trinajstić information content (AvgIpc) is 2.97. The number of hydrogen-bond acceptors (Lipinski definition) is 7. The van der Waals surface area contributed by atoms with Crippen LogP contribution in [-0.2, 0) is 0 Å². The molecule has 3 rings (SSSR count). The van der Waals surface area contributed by atoms with E-state index in [-0.39, 0.29) is 12.1 Å². The summed E-state index contributed by atoms with van der Waals surface area (Å²) in [4.78, 5) is 0. The van der Waals surface area contributed by atoms with Crippen molar-refractivity contribution in [2.75, 3.05) is 12.9 Å². The quantitative estimate of drug-likeness (QED) is 0.786. The summed E-state index contributed by atoms with van der Waals surface area (Å²) in [6.45, 7) is 0.257. The van der Waals surface area contributed by atoms with Gasteiger partial charge in [0.25, 0.3) is 0 Å². The summed E-state index contributed by atoms with van der Waals surface area (Å²) in [5, 5.41) is 22.3. The van der Waals surface area contributed by atoms with Gasteiger partial charge in [-0.25, -0.2) is 0 Å². The standard InChI is InChI=1S/C12H19N3OS3/c1-17-10-14-15-11(19-10)18-9-4-5-12(6-9,7-16)13-8-2-3-8/h8-9,13,16H,2-7H2,1H3. The highest BCUT2D eigenvalue weighted by atomic mass is 32.2. The highest BCUT2D eigenvalue weighted by molar-refractivity contribution is 8.03. The van der Waals surface area contributed by atoms with Gasteiger partial charge in [0.15, 0.2) is 8.68 Å². The molecule has 0 aliphatic heterocycles. The van der Waals surface area contributed by atoms with Gasteiger partial charge in [0, 0.05) is 16.8 Å². The predicted octanol–water partition coefficient (Wildman–Crippen LogP) is 2.39. The van der Waals surface area contributed by atoms with Gasteiger partial charge in [-0.2, -0.15) is 0 Å². The Morgan fingerprint density at radius 1 is 1.37 bits per heavy atom. The summed E-state index contributed by atoms with van der Waals surface area (Å²) in [6, 6.07) is 0.653. The normalized spacial score (nSPS) is 30.9. The molecule has 2 N–H and O–H groups in total. The Bertz CT molecular complexity index is 438. The minimum atomic E-state index is -0.0359. The summed E-state index contributed by atoms with van der Waals surface area (Å²) >= 11 is 5.16. The SMILES string of the molecule is CSc1nnc(SC2CCC(CO)(NC3CC3)C2)s1. The first-order valence-corrected chi connectivity index (χ1v) is 9.58. The molecule has 0 radical (unpaired) electrons. The molecular formula is C12H19N3OS3. The van der Waals surface area contributed by atoms with Crippen LogP contribution in [0.25, 0.3) is 0 Å². The van der Waals surface area contributed by atoms with E-state index in [0.717, 1.165) is 27.9 Å². The molecule has 0 aromatic carbocycles. The van der Waals surface area contributed by atoms with Crippen LogP contribution in [0.5, 0.6) is 0 Å². The van der Waals surface area contributed by atoms with E-state index in [9.17, 15) is 5.11 Å². The van der Waals surface area contributed by atoms with Crippen LogP contribution >= 0.6 is 34.9 Å². The number of nitrogens with one attached hydrogen (secondary N) is 1. The summed E-state index contributed by atoms with van der Waals surface area (Å²) in [5.74, 6) is 0. The van der Waals surface area contributed by atoms with E-state index in [0.29, 0.717) is 11.3 Å². The largest absolute Gasteiger partial charge is 0.394 e. The van der Waals surface area contributed by atoms with Crippen LogP contribution in [-0.4, -0.2) is 45.0 Å². The Morgan fingerprint density at radius 3 is 2.79 bits per heavy atom. The van der Waals surface area contributed by atoms with Crippen molar-refractivity contribution in [1.82, 2.24) is 15.5 Å². The van der Waals surface area contributed by atoms with Crippen LogP contribution in [0.15, 0.2) is 8.68 Å². The minimum absolute atomic E-state index is 0.0359. The topological polar surface area (TPSA) is 58.0 Å². The fraction of sp³-hybridized carbons (Fsp3) is 0.833. The van der Waals surface area contributed by atoms with Gasteiger partial charge in [-0.15, -0.1) is 10.2 Å². The summed E-state index contributed by atoms with van der Waals surface area (Å²) in [6.07, 6.45) is 7.84. The molecule has 19 heavy (non-hydrogen) atoms. The predicted molar refractivity (Wildman–Crippen MR) is 81.2 cm³/mol. The van der Waals surface area contributed by atoms with Crippen molar-refractivity contribution < 1.29 is 5.11 Å². The average molecular weight is 318 g/mol. The maximum atomic E-state index is 9.72. The maximum Gasteiger partial charge on any atom is 0.175 e. The molecule has 0 bridgehead atoms. The summed E-state index contributed by atoms with van der Waals surface area (Å²) in [5.41, 5.74) is -0.0359. The highest BCUT2D eigenvalue weighted by Gasteiger charge is 2.42. The van der Waals surface area contributed by atoms with Crippen molar-refractivity contribution in [3.8, 4) is 0 Å². The van der Waals surface area contributed by atoms with Crippen LogP contribution in [0.4, 0.5) is 0 Å². The van der Waals surface area contributed by atoms with E-state index in [1.165, 1.54) is 12.8 Å². The molecule has 2 fully saturated rings. The summed E-state index contributed by atoms with van der Waals surface area (Å²) < 4.78 is 2.10. The molecule has 0 saturated heterocycles. The van der Waals surface area contributed by atoms with Gasteiger partial charge in [-0.05, 0) is 38.4 Å². The lowest BCUT2D eigenvalue weighted by atomic mass is 9.99. The third-order valence-corrected chi connectivity index (χ3v) is 7.03. The Kier molecular flexibility index (Phi) is 4.38. The summed E-state index contributed by atoms with van der Waals surface area (Å²) in [7, 11) is 0. The molecule has 1 aromatic rings. The molecule has 2 atom stereocenters. The smallest absolute Gasteiger partial charge is 0.175 e. The van der Waals surface area contributed by atoms with E-state index < -0.39 is 0 Å². The van der Waals surface area contributed by atoms with Gasteiger partial charge in [0.1, 0.15) is 0 Å². The van der Waals surface area contributed by atoms with Crippen LogP contribution in [0, 0.1) is 0 Å². The number of aliphatic hydroxyl groups excluding tert-OH is 1. The second-order valence-corrected chi connectivity index (χ2v) is 8.96. The first-order chi connectivity index (χ1) is 9.23. The van der Waals surface area contributed by atoms with Crippen molar-refractivity contribution in [3.05, 3.63) is 0 Å². The molecular weight excluding hydrogens is 298 g/mol. The third kappa shape index (κ3) is 3.44. The second-order valence-electron chi connectivity index (χ2n) is 5.38. The van der Waals surface area contributed by atoms with Gasteiger partial charge in [0.05, 0.1) is 6.61 Å². The van der Waals surface area contributed by atoms with Crippen molar-refractivity contribution in [3.63, 3.8) is 0 Å². The molecule has 1 heterocycles. The van der Waals surface area contributed by atoms with E-state index in [2.05, 4.69) is 15.5 Å². The Balaban J connectivity index is 1.57. The lowest BCUT2D eigenvalue weighted by Gasteiger charge is -2.28. The molecule has 2 aliphatic rings. The molecule has 4 nitrogen and oxygen atoms in total. The molecule has 1 aromatic heterocycles. The molecule has 2 aliphatic carbocycles. The zero-order valence-corrected chi connectivity index (χ0v) is 13.4. The van der Waals surface area contributed by atoms with Crippen LogP contribution in [0.2, 0.25) is 0 Å². The number of rotatable bonds is 6. The lowest BCUT2D eigenvalue weighted by molar-refractivity contribution is 0.163. The first-order valence-electron chi connectivity index (χ1n) is 6.66. The second kappa shape index (κ2) is 5.89. The fourth-order valence-electron chi connectivity index (χ4n) is 2.63. The van der Waals surface area contributed by atoms with E-state index in [4.69, 9.17) is 0 Å². The highest BCUT2D eigenvalue weighted by Crippen LogP contribution is 2.42. The zero-order valence-electron chi connectivity index (χ0n) is 11.0. The van der Waals surface area contributed by atoms with Gasteiger partial charge in [0.2, 0.25) is 0 Å².